The molecular formula is C15H18N6O. The van der Waals surface area contributed by atoms with Crippen LogP contribution < -0.4 is 5.32 Å². The Labute approximate surface area is 128 Å². The lowest BCUT2D eigenvalue weighted by Crippen LogP contribution is -2.33. The number of nitrogens with zero attached hydrogens (tertiary/aromatic N) is 5. The van der Waals surface area contributed by atoms with Crippen molar-refractivity contribution >= 4 is 0 Å². The zero-order valence-corrected chi connectivity index (χ0v) is 12.5. The van der Waals surface area contributed by atoms with Crippen molar-refractivity contribution < 1.29 is 4.52 Å². The molecular weight excluding hydrogens is 280 g/mol. The smallest absolute Gasteiger partial charge is 0.240 e. The standard InChI is InChI=1S/C15H18N6O/c1-11(12(2)21-8-4-7-18-21)17-10-14-19-15(20-22-14)13-5-3-6-16-9-13/h3-9,11-12,17H,10H2,1-2H3/t11-,12-/m0/s1. The predicted molar refractivity (Wildman–Crippen MR) is 80.8 cm³/mol. The summed E-state index contributed by atoms with van der Waals surface area (Å²) in [4.78, 5) is 8.42. The molecule has 0 fully saturated rings. The van der Waals surface area contributed by atoms with Crippen LogP contribution in [-0.4, -0.2) is 30.9 Å². The maximum Gasteiger partial charge on any atom is 0.240 e. The fraction of sp³-hybridized carbons (Fsp3) is 0.333. The van der Waals surface area contributed by atoms with Crippen molar-refractivity contribution in [3.05, 3.63) is 48.9 Å². The van der Waals surface area contributed by atoms with Gasteiger partial charge in [0.25, 0.3) is 0 Å². The summed E-state index contributed by atoms with van der Waals surface area (Å²) in [6.07, 6.45) is 7.16. The van der Waals surface area contributed by atoms with Crippen molar-refractivity contribution in [2.75, 3.05) is 0 Å². The fourth-order valence-electron chi connectivity index (χ4n) is 2.11. The van der Waals surface area contributed by atoms with Crippen LogP contribution in [0.25, 0.3) is 11.4 Å². The molecule has 0 aliphatic heterocycles. The first-order chi connectivity index (χ1) is 10.7. The summed E-state index contributed by atoms with van der Waals surface area (Å²) in [6.45, 7) is 4.73. The van der Waals surface area contributed by atoms with Gasteiger partial charge in [-0.25, -0.2) is 0 Å². The molecule has 3 rings (SSSR count). The van der Waals surface area contributed by atoms with Gasteiger partial charge < -0.3 is 9.84 Å². The highest BCUT2D eigenvalue weighted by Gasteiger charge is 2.15. The first kappa shape index (κ1) is 14.4. The first-order valence-corrected chi connectivity index (χ1v) is 7.19. The van der Waals surface area contributed by atoms with E-state index in [2.05, 4.69) is 39.4 Å². The van der Waals surface area contributed by atoms with Crippen molar-refractivity contribution in [3.8, 4) is 11.4 Å². The van der Waals surface area contributed by atoms with Crippen molar-refractivity contribution in [1.29, 1.82) is 0 Å². The molecule has 3 heterocycles. The Kier molecular flexibility index (Phi) is 4.24. The summed E-state index contributed by atoms with van der Waals surface area (Å²) in [5, 5.41) is 11.6. The van der Waals surface area contributed by atoms with E-state index in [9.17, 15) is 0 Å². The highest BCUT2D eigenvalue weighted by molar-refractivity contribution is 5.51. The second-order valence-electron chi connectivity index (χ2n) is 5.15. The minimum atomic E-state index is 0.216. The summed E-state index contributed by atoms with van der Waals surface area (Å²) >= 11 is 0. The molecule has 0 bridgehead atoms. The molecule has 3 aromatic heterocycles. The first-order valence-electron chi connectivity index (χ1n) is 7.19. The van der Waals surface area contributed by atoms with Crippen LogP contribution in [-0.2, 0) is 6.54 Å². The summed E-state index contributed by atoms with van der Waals surface area (Å²) in [6, 6.07) is 6.11. The summed E-state index contributed by atoms with van der Waals surface area (Å²) in [5.41, 5.74) is 0.843. The van der Waals surface area contributed by atoms with Crippen LogP contribution in [0.3, 0.4) is 0 Å². The molecule has 0 saturated carbocycles. The number of hydrogen-bond acceptors (Lipinski definition) is 6. The second-order valence-corrected chi connectivity index (χ2v) is 5.15. The minimum absolute atomic E-state index is 0.216. The lowest BCUT2D eigenvalue weighted by Gasteiger charge is -2.20. The monoisotopic (exact) mass is 298 g/mol. The Hall–Kier alpha value is -2.54. The van der Waals surface area contributed by atoms with E-state index in [4.69, 9.17) is 4.52 Å². The van der Waals surface area contributed by atoms with Crippen molar-refractivity contribution in [3.63, 3.8) is 0 Å². The van der Waals surface area contributed by atoms with Gasteiger partial charge in [-0.15, -0.1) is 0 Å². The molecule has 0 aromatic carbocycles. The van der Waals surface area contributed by atoms with Gasteiger partial charge in [0.2, 0.25) is 11.7 Å². The highest BCUT2D eigenvalue weighted by Crippen LogP contribution is 2.14. The van der Waals surface area contributed by atoms with Gasteiger partial charge in [0.1, 0.15) is 0 Å². The van der Waals surface area contributed by atoms with Crippen LogP contribution in [0.1, 0.15) is 25.8 Å². The van der Waals surface area contributed by atoms with Crippen LogP contribution in [0.4, 0.5) is 0 Å². The molecule has 0 saturated heterocycles. The molecule has 0 spiro atoms. The minimum Gasteiger partial charge on any atom is -0.338 e. The Bertz CT molecular complexity index is 694. The third-order valence-corrected chi connectivity index (χ3v) is 3.63. The molecule has 0 aliphatic carbocycles. The topological polar surface area (TPSA) is 81.7 Å². The van der Waals surface area contributed by atoms with Gasteiger partial charge in [0.15, 0.2) is 0 Å². The van der Waals surface area contributed by atoms with Crippen LogP contribution in [0.2, 0.25) is 0 Å². The summed E-state index contributed by atoms with van der Waals surface area (Å²) in [7, 11) is 0. The molecule has 0 unspecified atom stereocenters. The van der Waals surface area contributed by atoms with E-state index in [1.807, 2.05) is 29.1 Å². The summed E-state index contributed by atoms with van der Waals surface area (Å²) in [5.74, 6) is 1.11. The van der Waals surface area contributed by atoms with Gasteiger partial charge in [0.05, 0.1) is 12.6 Å². The molecule has 7 heteroatoms. The fourth-order valence-corrected chi connectivity index (χ4v) is 2.11. The Balaban J connectivity index is 1.59. The van der Waals surface area contributed by atoms with E-state index in [1.54, 1.807) is 18.6 Å². The van der Waals surface area contributed by atoms with E-state index >= 15 is 0 Å². The van der Waals surface area contributed by atoms with E-state index in [-0.39, 0.29) is 12.1 Å². The Morgan fingerprint density at radius 3 is 2.91 bits per heavy atom. The van der Waals surface area contributed by atoms with E-state index in [1.165, 1.54) is 0 Å². The quantitative estimate of drug-likeness (QED) is 0.750. The number of aromatic nitrogens is 5. The van der Waals surface area contributed by atoms with Gasteiger partial charge in [0, 0.05) is 36.4 Å². The Morgan fingerprint density at radius 1 is 1.27 bits per heavy atom. The van der Waals surface area contributed by atoms with Crippen molar-refractivity contribution in [2.24, 2.45) is 0 Å². The average molecular weight is 298 g/mol. The van der Waals surface area contributed by atoms with E-state index in [0.717, 1.165) is 5.56 Å². The third-order valence-electron chi connectivity index (χ3n) is 3.63. The average Bonchev–Trinajstić information content (AvgIpc) is 3.24. The lowest BCUT2D eigenvalue weighted by molar-refractivity contribution is 0.325. The Morgan fingerprint density at radius 2 is 2.18 bits per heavy atom. The second kappa shape index (κ2) is 6.48. The molecule has 114 valence electrons. The van der Waals surface area contributed by atoms with Crippen LogP contribution in [0.15, 0.2) is 47.5 Å². The number of pyridine rings is 1. The molecule has 0 amide bonds. The maximum atomic E-state index is 5.27. The summed E-state index contributed by atoms with van der Waals surface area (Å²) < 4.78 is 7.19. The lowest BCUT2D eigenvalue weighted by atomic mass is 10.2. The molecule has 1 N–H and O–H groups in total. The van der Waals surface area contributed by atoms with E-state index < -0.39 is 0 Å². The number of rotatable bonds is 6. The van der Waals surface area contributed by atoms with Gasteiger partial charge >= 0.3 is 0 Å². The third kappa shape index (κ3) is 3.20. The zero-order chi connectivity index (χ0) is 15.4. The molecule has 2 atom stereocenters. The van der Waals surface area contributed by atoms with Crippen LogP contribution in [0.5, 0.6) is 0 Å². The largest absolute Gasteiger partial charge is 0.338 e. The van der Waals surface area contributed by atoms with Gasteiger partial charge in [-0.1, -0.05) is 5.16 Å². The molecule has 0 radical (unpaired) electrons. The normalized spacial score (nSPS) is 13.9. The van der Waals surface area contributed by atoms with Gasteiger partial charge in [-0.05, 0) is 32.0 Å². The maximum absolute atomic E-state index is 5.27. The van der Waals surface area contributed by atoms with Crippen molar-refractivity contribution in [2.45, 2.75) is 32.5 Å². The van der Waals surface area contributed by atoms with E-state index in [0.29, 0.717) is 18.3 Å². The van der Waals surface area contributed by atoms with Gasteiger partial charge in [-0.3, -0.25) is 9.67 Å². The van der Waals surface area contributed by atoms with Crippen molar-refractivity contribution in [1.82, 2.24) is 30.2 Å². The highest BCUT2D eigenvalue weighted by atomic mass is 16.5. The molecule has 3 aromatic rings. The SMILES string of the molecule is C[C@H](NCc1nc(-c2cccnc2)no1)[C@H](C)n1cccn1. The number of hydrogen-bond donors (Lipinski definition) is 1. The van der Waals surface area contributed by atoms with Crippen LogP contribution in [0, 0.1) is 0 Å². The zero-order valence-electron chi connectivity index (χ0n) is 12.5. The number of nitrogens with one attached hydrogen (secondary N) is 1. The molecule has 7 nitrogen and oxygen atoms in total. The molecule has 0 aliphatic rings. The molecule has 22 heavy (non-hydrogen) atoms. The predicted octanol–water partition coefficient (Wildman–Crippen LogP) is 2.07. The van der Waals surface area contributed by atoms with Crippen LogP contribution >= 0.6 is 0 Å². The van der Waals surface area contributed by atoms with Gasteiger partial charge in [-0.2, -0.15) is 10.1 Å².